The first-order chi connectivity index (χ1) is 9.07. The SMILES string of the molecule is Cc1cc(CNC(=O)C2(C#N)CCCCC2)sc1C. The second-order valence-electron chi connectivity index (χ2n) is 5.39. The number of nitrogens with zero attached hydrogens (tertiary/aromatic N) is 1. The highest BCUT2D eigenvalue weighted by Crippen LogP contribution is 2.36. The molecule has 1 heterocycles. The van der Waals surface area contributed by atoms with Crippen molar-refractivity contribution in [2.45, 2.75) is 52.5 Å². The third-order valence-electron chi connectivity index (χ3n) is 4.00. The van der Waals surface area contributed by atoms with Crippen LogP contribution in [0.5, 0.6) is 0 Å². The fraction of sp³-hybridized carbons (Fsp3) is 0.600. The van der Waals surface area contributed by atoms with Gasteiger partial charge in [-0.25, -0.2) is 0 Å². The van der Waals surface area contributed by atoms with E-state index in [-0.39, 0.29) is 5.91 Å². The topological polar surface area (TPSA) is 52.9 Å². The first-order valence-corrected chi connectivity index (χ1v) is 7.64. The molecule has 1 saturated carbocycles. The van der Waals surface area contributed by atoms with Crippen LogP contribution in [0.2, 0.25) is 0 Å². The lowest BCUT2D eigenvalue weighted by molar-refractivity contribution is -0.129. The molecule has 4 heteroatoms. The Balaban J connectivity index is 1.98. The van der Waals surface area contributed by atoms with E-state index < -0.39 is 5.41 Å². The summed E-state index contributed by atoms with van der Waals surface area (Å²) in [6.07, 6.45) is 4.52. The van der Waals surface area contributed by atoms with E-state index >= 15 is 0 Å². The Morgan fingerprint density at radius 2 is 2.11 bits per heavy atom. The van der Waals surface area contributed by atoms with Crippen molar-refractivity contribution in [1.82, 2.24) is 5.32 Å². The first-order valence-electron chi connectivity index (χ1n) is 6.83. The molecule has 102 valence electrons. The Kier molecular flexibility index (Phi) is 4.26. The minimum absolute atomic E-state index is 0.0848. The van der Waals surface area contributed by atoms with Gasteiger partial charge in [0, 0.05) is 9.75 Å². The van der Waals surface area contributed by atoms with Gasteiger partial charge in [0.1, 0.15) is 5.41 Å². The van der Waals surface area contributed by atoms with Crippen molar-refractivity contribution in [1.29, 1.82) is 5.26 Å². The van der Waals surface area contributed by atoms with Gasteiger partial charge < -0.3 is 5.32 Å². The summed E-state index contributed by atoms with van der Waals surface area (Å²) < 4.78 is 0. The predicted octanol–water partition coefficient (Wildman–Crippen LogP) is 3.46. The van der Waals surface area contributed by atoms with Crippen LogP contribution >= 0.6 is 11.3 Å². The van der Waals surface area contributed by atoms with E-state index in [2.05, 4.69) is 31.3 Å². The van der Waals surface area contributed by atoms with Gasteiger partial charge >= 0.3 is 0 Å². The Labute approximate surface area is 118 Å². The molecule has 0 spiro atoms. The number of rotatable bonds is 3. The molecule has 0 aromatic carbocycles. The maximum atomic E-state index is 12.3. The minimum atomic E-state index is -0.778. The van der Waals surface area contributed by atoms with Crippen LogP contribution in [-0.2, 0) is 11.3 Å². The summed E-state index contributed by atoms with van der Waals surface area (Å²) in [6, 6.07) is 4.37. The summed E-state index contributed by atoms with van der Waals surface area (Å²) in [4.78, 5) is 14.7. The molecule has 3 nitrogen and oxygen atoms in total. The van der Waals surface area contributed by atoms with Crippen LogP contribution in [0, 0.1) is 30.6 Å². The minimum Gasteiger partial charge on any atom is -0.350 e. The first kappa shape index (κ1) is 14.1. The van der Waals surface area contributed by atoms with E-state index in [1.54, 1.807) is 11.3 Å². The van der Waals surface area contributed by atoms with Gasteiger partial charge in [0.2, 0.25) is 5.91 Å². The van der Waals surface area contributed by atoms with Gasteiger partial charge in [0.25, 0.3) is 0 Å². The molecule has 1 aliphatic carbocycles. The molecule has 1 aliphatic rings. The molecule has 2 rings (SSSR count). The monoisotopic (exact) mass is 276 g/mol. The zero-order valence-electron chi connectivity index (χ0n) is 11.6. The van der Waals surface area contributed by atoms with Gasteiger partial charge in [-0.1, -0.05) is 19.3 Å². The highest BCUT2D eigenvalue weighted by Gasteiger charge is 2.39. The van der Waals surface area contributed by atoms with Crippen molar-refractivity contribution in [3.8, 4) is 6.07 Å². The lowest BCUT2D eigenvalue weighted by Crippen LogP contribution is -2.41. The Morgan fingerprint density at radius 1 is 1.42 bits per heavy atom. The molecule has 19 heavy (non-hydrogen) atoms. The summed E-state index contributed by atoms with van der Waals surface area (Å²) in [5.74, 6) is -0.0848. The zero-order valence-corrected chi connectivity index (χ0v) is 12.4. The molecular weight excluding hydrogens is 256 g/mol. The summed E-state index contributed by atoms with van der Waals surface area (Å²) in [6.45, 7) is 4.71. The number of nitriles is 1. The van der Waals surface area contributed by atoms with Crippen molar-refractivity contribution in [3.63, 3.8) is 0 Å². The summed E-state index contributed by atoms with van der Waals surface area (Å²) in [5, 5.41) is 12.3. The number of carbonyl (C=O) groups excluding carboxylic acids is 1. The van der Waals surface area contributed by atoms with Crippen LogP contribution in [0.4, 0.5) is 0 Å². The van der Waals surface area contributed by atoms with Crippen LogP contribution in [0.25, 0.3) is 0 Å². The maximum Gasteiger partial charge on any atom is 0.240 e. The molecule has 1 aromatic rings. The summed E-state index contributed by atoms with van der Waals surface area (Å²) in [7, 11) is 0. The largest absolute Gasteiger partial charge is 0.350 e. The zero-order chi connectivity index (χ0) is 13.9. The molecule has 0 atom stereocenters. The second kappa shape index (κ2) is 5.75. The third kappa shape index (κ3) is 2.98. The maximum absolute atomic E-state index is 12.3. The van der Waals surface area contributed by atoms with E-state index in [1.165, 1.54) is 10.4 Å². The van der Waals surface area contributed by atoms with Crippen LogP contribution in [0.1, 0.15) is 47.4 Å². The van der Waals surface area contributed by atoms with E-state index in [0.29, 0.717) is 19.4 Å². The summed E-state index contributed by atoms with van der Waals surface area (Å²) >= 11 is 1.71. The Morgan fingerprint density at radius 3 is 2.63 bits per heavy atom. The van der Waals surface area contributed by atoms with Crippen molar-refractivity contribution < 1.29 is 4.79 Å². The molecule has 0 bridgehead atoms. The fourth-order valence-electron chi connectivity index (χ4n) is 2.62. The molecule has 0 unspecified atom stereocenters. The molecule has 0 saturated heterocycles. The van der Waals surface area contributed by atoms with E-state index in [9.17, 15) is 10.1 Å². The third-order valence-corrected chi connectivity index (χ3v) is 5.15. The van der Waals surface area contributed by atoms with E-state index in [4.69, 9.17) is 0 Å². The van der Waals surface area contributed by atoms with Gasteiger partial charge in [-0.15, -0.1) is 11.3 Å². The molecule has 1 amide bonds. The quantitative estimate of drug-likeness (QED) is 0.919. The number of carbonyl (C=O) groups is 1. The van der Waals surface area contributed by atoms with Crippen LogP contribution in [0.3, 0.4) is 0 Å². The molecular formula is C15H20N2OS. The average molecular weight is 276 g/mol. The highest BCUT2D eigenvalue weighted by molar-refractivity contribution is 7.12. The van der Waals surface area contributed by atoms with Crippen LogP contribution in [0.15, 0.2) is 6.07 Å². The molecule has 0 radical (unpaired) electrons. The van der Waals surface area contributed by atoms with Gasteiger partial charge in [0.15, 0.2) is 0 Å². The van der Waals surface area contributed by atoms with Crippen LogP contribution in [-0.4, -0.2) is 5.91 Å². The molecule has 0 aliphatic heterocycles. The number of amides is 1. The van der Waals surface area contributed by atoms with Gasteiger partial charge in [-0.2, -0.15) is 5.26 Å². The van der Waals surface area contributed by atoms with Crippen molar-refractivity contribution in [2.75, 3.05) is 0 Å². The second-order valence-corrected chi connectivity index (χ2v) is 6.73. The van der Waals surface area contributed by atoms with Crippen molar-refractivity contribution >= 4 is 17.2 Å². The van der Waals surface area contributed by atoms with E-state index in [1.807, 2.05) is 0 Å². The average Bonchev–Trinajstić information content (AvgIpc) is 2.76. The van der Waals surface area contributed by atoms with Gasteiger partial charge in [0.05, 0.1) is 12.6 Å². The molecule has 1 N–H and O–H groups in total. The smallest absolute Gasteiger partial charge is 0.240 e. The predicted molar refractivity (Wildman–Crippen MR) is 76.8 cm³/mol. The molecule has 1 fully saturated rings. The lowest BCUT2D eigenvalue weighted by Gasteiger charge is -2.29. The Hall–Kier alpha value is -1.34. The fourth-order valence-corrected chi connectivity index (χ4v) is 3.61. The standard InChI is InChI=1S/C15H20N2OS/c1-11-8-13(19-12(11)2)9-17-14(18)15(10-16)6-4-3-5-7-15/h8H,3-7,9H2,1-2H3,(H,17,18). The van der Waals surface area contributed by atoms with Gasteiger partial charge in [-0.3, -0.25) is 4.79 Å². The van der Waals surface area contributed by atoms with Crippen molar-refractivity contribution in [3.05, 3.63) is 21.4 Å². The van der Waals surface area contributed by atoms with E-state index in [0.717, 1.165) is 24.1 Å². The number of thiophene rings is 1. The van der Waals surface area contributed by atoms with Crippen molar-refractivity contribution in [2.24, 2.45) is 5.41 Å². The number of aryl methyl sites for hydroxylation is 2. The normalized spacial score (nSPS) is 17.7. The Bertz CT molecular complexity index is 487. The highest BCUT2D eigenvalue weighted by atomic mass is 32.1. The van der Waals surface area contributed by atoms with Crippen LogP contribution < -0.4 is 5.32 Å². The number of hydrogen-bond donors (Lipinski definition) is 1. The van der Waals surface area contributed by atoms with Gasteiger partial charge in [-0.05, 0) is 38.3 Å². The molecule has 1 aromatic heterocycles. The lowest BCUT2D eigenvalue weighted by atomic mass is 9.74. The summed E-state index contributed by atoms with van der Waals surface area (Å²) in [5.41, 5.74) is 0.487. The number of nitrogens with one attached hydrogen (secondary N) is 1. The number of hydrogen-bond acceptors (Lipinski definition) is 3.